The summed E-state index contributed by atoms with van der Waals surface area (Å²) in [5.74, 6) is -0.343. The first-order valence-corrected chi connectivity index (χ1v) is 7.30. The Balaban J connectivity index is 2.06. The second-order valence-electron chi connectivity index (χ2n) is 5.00. The van der Waals surface area contributed by atoms with Crippen LogP contribution in [0.4, 0.5) is 5.69 Å². The molecule has 0 aromatic heterocycles. The van der Waals surface area contributed by atoms with E-state index < -0.39 is 0 Å². The monoisotopic (exact) mass is 336 g/mol. The lowest BCUT2D eigenvalue weighted by atomic mass is 10.2. The summed E-state index contributed by atoms with van der Waals surface area (Å²) < 4.78 is 0.897. The molecule has 2 atom stereocenters. The number of amides is 1. The van der Waals surface area contributed by atoms with E-state index >= 15 is 0 Å². The summed E-state index contributed by atoms with van der Waals surface area (Å²) in [5, 5.41) is 12.4. The Labute approximate surface area is 126 Å². The maximum atomic E-state index is 11.1. The average Bonchev–Trinajstić information content (AvgIpc) is 2.86. The van der Waals surface area contributed by atoms with Crippen molar-refractivity contribution in [2.75, 3.05) is 18.0 Å². The summed E-state index contributed by atoms with van der Waals surface area (Å²) in [4.78, 5) is 13.2. The first kappa shape index (κ1) is 14.8. The van der Waals surface area contributed by atoms with Gasteiger partial charge < -0.3 is 16.0 Å². The number of rotatable bonds is 4. The lowest BCUT2D eigenvalue weighted by molar-refractivity contribution is -0.119. The summed E-state index contributed by atoms with van der Waals surface area (Å²) in [6.07, 6.45) is 0.929. The van der Waals surface area contributed by atoms with E-state index in [0.717, 1.165) is 29.7 Å². The van der Waals surface area contributed by atoms with E-state index in [4.69, 9.17) is 5.73 Å². The zero-order valence-electron chi connectivity index (χ0n) is 11.3. The largest absolute Gasteiger partial charge is 0.369 e. The molecule has 20 heavy (non-hydrogen) atoms. The normalized spacial score (nSPS) is 19.6. The van der Waals surface area contributed by atoms with Crippen LogP contribution in [0.2, 0.25) is 0 Å². The molecular weight excluding hydrogens is 320 g/mol. The minimum Gasteiger partial charge on any atom is -0.369 e. The quantitative estimate of drug-likeness (QED) is 0.869. The Morgan fingerprint density at radius 1 is 1.65 bits per heavy atom. The molecule has 1 fully saturated rings. The minimum absolute atomic E-state index is 0.215. The highest BCUT2D eigenvalue weighted by molar-refractivity contribution is 9.10. The highest BCUT2D eigenvalue weighted by atomic mass is 79.9. The highest BCUT2D eigenvalue weighted by Crippen LogP contribution is 2.27. The standard InChI is InChI=1S/C14H17BrN4O/c1-9(14(17)20)18-12-4-5-19(8-12)13-3-2-11(15)6-10(13)7-16/h2-3,6,9,12,18H,4-5,8H2,1H3,(H2,17,20)/t9-,12-/m0/s1. The smallest absolute Gasteiger partial charge is 0.234 e. The van der Waals surface area contributed by atoms with Gasteiger partial charge >= 0.3 is 0 Å². The highest BCUT2D eigenvalue weighted by Gasteiger charge is 2.26. The molecule has 1 heterocycles. The molecule has 1 aromatic carbocycles. The molecule has 1 aromatic rings. The molecule has 3 N–H and O–H groups in total. The number of nitriles is 1. The van der Waals surface area contributed by atoms with E-state index in [1.165, 1.54) is 0 Å². The van der Waals surface area contributed by atoms with Gasteiger partial charge in [-0.3, -0.25) is 4.79 Å². The Hall–Kier alpha value is -1.58. The number of primary amides is 1. The van der Waals surface area contributed by atoms with Crippen molar-refractivity contribution in [3.63, 3.8) is 0 Å². The number of carbonyl (C=O) groups is 1. The summed E-state index contributed by atoms with van der Waals surface area (Å²) in [7, 11) is 0. The van der Waals surface area contributed by atoms with Gasteiger partial charge in [0, 0.05) is 23.6 Å². The van der Waals surface area contributed by atoms with Crippen molar-refractivity contribution in [2.24, 2.45) is 5.73 Å². The number of carbonyl (C=O) groups excluding carboxylic acids is 1. The van der Waals surface area contributed by atoms with Gasteiger partial charge in [-0.15, -0.1) is 0 Å². The van der Waals surface area contributed by atoms with Crippen molar-refractivity contribution in [3.05, 3.63) is 28.2 Å². The fourth-order valence-electron chi connectivity index (χ4n) is 2.42. The van der Waals surface area contributed by atoms with Crippen LogP contribution in [0.25, 0.3) is 0 Å². The third kappa shape index (κ3) is 3.30. The fourth-order valence-corrected chi connectivity index (χ4v) is 2.79. The molecule has 0 bridgehead atoms. The molecule has 0 unspecified atom stereocenters. The third-order valence-corrected chi connectivity index (χ3v) is 4.01. The fraction of sp³-hybridized carbons (Fsp3) is 0.429. The Morgan fingerprint density at radius 3 is 3.05 bits per heavy atom. The number of nitrogens with one attached hydrogen (secondary N) is 1. The van der Waals surface area contributed by atoms with Crippen molar-refractivity contribution in [1.29, 1.82) is 5.26 Å². The lowest BCUT2D eigenvalue weighted by Gasteiger charge is -2.21. The van der Waals surface area contributed by atoms with Gasteiger partial charge in [0.25, 0.3) is 0 Å². The molecule has 0 aliphatic carbocycles. The Bertz CT molecular complexity index is 555. The zero-order chi connectivity index (χ0) is 14.7. The second-order valence-corrected chi connectivity index (χ2v) is 5.91. The molecule has 0 saturated carbocycles. The predicted octanol–water partition coefficient (Wildman–Crippen LogP) is 1.36. The molecule has 1 amide bonds. The van der Waals surface area contributed by atoms with Crippen molar-refractivity contribution in [1.82, 2.24) is 5.32 Å². The first-order chi connectivity index (χ1) is 9.51. The van der Waals surface area contributed by atoms with Gasteiger partial charge in [0.15, 0.2) is 0 Å². The van der Waals surface area contributed by atoms with Gasteiger partial charge in [0.05, 0.1) is 17.3 Å². The molecule has 6 heteroatoms. The maximum Gasteiger partial charge on any atom is 0.234 e. The predicted molar refractivity (Wildman–Crippen MR) is 81.3 cm³/mol. The number of hydrogen-bond donors (Lipinski definition) is 2. The molecule has 5 nitrogen and oxygen atoms in total. The molecule has 1 aliphatic rings. The van der Waals surface area contributed by atoms with Crippen LogP contribution in [0.5, 0.6) is 0 Å². The number of anilines is 1. The first-order valence-electron chi connectivity index (χ1n) is 6.51. The lowest BCUT2D eigenvalue weighted by Crippen LogP contribution is -2.45. The van der Waals surface area contributed by atoms with Crippen LogP contribution in [-0.2, 0) is 4.79 Å². The van der Waals surface area contributed by atoms with Crippen LogP contribution >= 0.6 is 15.9 Å². The van der Waals surface area contributed by atoms with Crippen LogP contribution in [0.1, 0.15) is 18.9 Å². The molecular formula is C14H17BrN4O. The molecule has 0 radical (unpaired) electrons. The molecule has 106 valence electrons. The second kappa shape index (κ2) is 6.25. The van der Waals surface area contributed by atoms with E-state index in [0.29, 0.717) is 5.56 Å². The van der Waals surface area contributed by atoms with E-state index in [2.05, 4.69) is 32.2 Å². The number of nitrogens with zero attached hydrogens (tertiary/aromatic N) is 2. The molecule has 1 aliphatic heterocycles. The van der Waals surface area contributed by atoms with Crippen LogP contribution in [-0.4, -0.2) is 31.1 Å². The van der Waals surface area contributed by atoms with Crippen LogP contribution in [0, 0.1) is 11.3 Å². The van der Waals surface area contributed by atoms with E-state index in [9.17, 15) is 10.1 Å². The Morgan fingerprint density at radius 2 is 2.40 bits per heavy atom. The Kier molecular flexibility index (Phi) is 4.63. The van der Waals surface area contributed by atoms with E-state index in [1.54, 1.807) is 6.92 Å². The zero-order valence-corrected chi connectivity index (χ0v) is 12.9. The van der Waals surface area contributed by atoms with Crippen molar-refractivity contribution < 1.29 is 4.79 Å². The van der Waals surface area contributed by atoms with Crippen LogP contribution < -0.4 is 16.0 Å². The number of nitrogens with two attached hydrogens (primary N) is 1. The number of benzene rings is 1. The van der Waals surface area contributed by atoms with Crippen LogP contribution in [0.15, 0.2) is 22.7 Å². The van der Waals surface area contributed by atoms with Crippen molar-refractivity contribution >= 4 is 27.5 Å². The molecule has 0 spiro atoms. The average molecular weight is 337 g/mol. The summed E-state index contributed by atoms with van der Waals surface area (Å²) in [6.45, 7) is 3.40. The topological polar surface area (TPSA) is 82.2 Å². The van der Waals surface area contributed by atoms with E-state index in [1.807, 2.05) is 18.2 Å². The summed E-state index contributed by atoms with van der Waals surface area (Å²) >= 11 is 3.37. The van der Waals surface area contributed by atoms with E-state index in [-0.39, 0.29) is 18.0 Å². The number of halogens is 1. The van der Waals surface area contributed by atoms with Crippen LogP contribution in [0.3, 0.4) is 0 Å². The summed E-state index contributed by atoms with van der Waals surface area (Å²) in [5.41, 5.74) is 6.85. The van der Waals surface area contributed by atoms with Crippen molar-refractivity contribution in [2.45, 2.75) is 25.4 Å². The SMILES string of the molecule is C[C@H](N[C@H]1CCN(c2ccc(Br)cc2C#N)C1)C(N)=O. The van der Waals surface area contributed by atoms with Gasteiger partial charge in [0.1, 0.15) is 6.07 Å². The van der Waals surface area contributed by atoms with Gasteiger partial charge in [-0.1, -0.05) is 15.9 Å². The molecule has 2 rings (SSSR count). The van der Waals surface area contributed by atoms with Gasteiger partial charge in [-0.25, -0.2) is 0 Å². The minimum atomic E-state index is -0.343. The van der Waals surface area contributed by atoms with Crippen molar-refractivity contribution in [3.8, 4) is 6.07 Å². The number of hydrogen-bond acceptors (Lipinski definition) is 4. The van der Waals surface area contributed by atoms with Gasteiger partial charge in [-0.05, 0) is 31.5 Å². The molecule has 1 saturated heterocycles. The third-order valence-electron chi connectivity index (χ3n) is 3.52. The van der Waals surface area contributed by atoms with Gasteiger partial charge in [0.2, 0.25) is 5.91 Å². The van der Waals surface area contributed by atoms with Gasteiger partial charge in [-0.2, -0.15) is 5.26 Å². The summed E-state index contributed by atoms with van der Waals surface area (Å²) in [6, 6.07) is 7.81. The maximum absolute atomic E-state index is 11.1.